The normalized spacial score (nSPS) is 13.1. The van der Waals surface area contributed by atoms with E-state index in [0.29, 0.717) is 11.3 Å². The third-order valence-corrected chi connectivity index (χ3v) is 4.17. The van der Waals surface area contributed by atoms with E-state index in [9.17, 15) is 0 Å². The molecule has 1 N–H and O–H groups in total. The molecular formula is C15H20N2S. The zero-order chi connectivity index (χ0) is 13.0. The maximum absolute atomic E-state index is 4.36. The van der Waals surface area contributed by atoms with Crippen LogP contribution in [0.2, 0.25) is 0 Å². The molecule has 1 atom stereocenters. The third-order valence-electron chi connectivity index (χ3n) is 2.97. The van der Waals surface area contributed by atoms with E-state index in [1.807, 2.05) is 31.1 Å². The number of hydrogen-bond acceptors (Lipinski definition) is 3. The summed E-state index contributed by atoms with van der Waals surface area (Å²) in [4.78, 5) is 4.36. The number of thioether (sulfide) groups is 1. The molecule has 3 heteroatoms. The molecule has 2 aromatic rings. The topological polar surface area (TPSA) is 24.9 Å². The molecule has 1 aromatic carbocycles. The standard InChI is InChI=1S/C15H20N2S/c1-11(2)18-10-15(16-3)13-6-7-14-12(9-13)5-4-8-17-14/h4-9,11,15-16H,10H2,1-3H3. The number of fused-ring (bicyclic) bond motifs is 1. The highest BCUT2D eigenvalue weighted by Gasteiger charge is 2.10. The van der Waals surface area contributed by atoms with Gasteiger partial charge in [-0.15, -0.1) is 0 Å². The van der Waals surface area contributed by atoms with Gasteiger partial charge >= 0.3 is 0 Å². The van der Waals surface area contributed by atoms with Crippen molar-refractivity contribution < 1.29 is 0 Å². The van der Waals surface area contributed by atoms with Crippen molar-refractivity contribution in [3.8, 4) is 0 Å². The van der Waals surface area contributed by atoms with Crippen LogP contribution in [-0.4, -0.2) is 23.0 Å². The fourth-order valence-corrected chi connectivity index (χ4v) is 2.88. The number of hydrogen-bond donors (Lipinski definition) is 1. The first-order valence-corrected chi connectivity index (χ1v) is 7.39. The lowest BCUT2D eigenvalue weighted by Gasteiger charge is -2.18. The molecule has 0 bridgehead atoms. The SMILES string of the molecule is CNC(CSC(C)C)c1ccc2ncccc2c1. The van der Waals surface area contributed by atoms with Crippen LogP contribution in [0.15, 0.2) is 36.5 Å². The van der Waals surface area contributed by atoms with Gasteiger partial charge in [-0.05, 0) is 36.1 Å². The van der Waals surface area contributed by atoms with Crippen LogP contribution < -0.4 is 5.32 Å². The Labute approximate surface area is 113 Å². The van der Waals surface area contributed by atoms with Crippen LogP contribution in [-0.2, 0) is 0 Å². The minimum atomic E-state index is 0.405. The molecule has 2 rings (SSSR count). The van der Waals surface area contributed by atoms with E-state index in [2.05, 4.69) is 48.4 Å². The van der Waals surface area contributed by atoms with E-state index < -0.39 is 0 Å². The molecule has 1 heterocycles. The van der Waals surface area contributed by atoms with Crippen molar-refractivity contribution >= 4 is 22.7 Å². The molecule has 0 radical (unpaired) electrons. The quantitative estimate of drug-likeness (QED) is 0.888. The first-order chi connectivity index (χ1) is 8.70. The Morgan fingerprint density at radius 1 is 1.28 bits per heavy atom. The van der Waals surface area contributed by atoms with Crippen molar-refractivity contribution in [1.82, 2.24) is 10.3 Å². The predicted molar refractivity (Wildman–Crippen MR) is 81.1 cm³/mol. The fourth-order valence-electron chi connectivity index (χ4n) is 1.95. The number of nitrogens with zero attached hydrogens (tertiary/aromatic N) is 1. The molecule has 0 amide bonds. The fraction of sp³-hybridized carbons (Fsp3) is 0.400. The number of aromatic nitrogens is 1. The maximum Gasteiger partial charge on any atom is 0.0702 e. The lowest BCUT2D eigenvalue weighted by molar-refractivity contribution is 0.662. The summed E-state index contributed by atoms with van der Waals surface area (Å²) in [6.07, 6.45) is 1.84. The van der Waals surface area contributed by atoms with E-state index in [4.69, 9.17) is 0 Å². The van der Waals surface area contributed by atoms with Crippen molar-refractivity contribution in [2.24, 2.45) is 0 Å². The van der Waals surface area contributed by atoms with E-state index >= 15 is 0 Å². The Morgan fingerprint density at radius 3 is 2.83 bits per heavy atom. The largest absolute Gasteiger partial charge is 0.312 e. The lowest BCUT2D eigenvalue weighted by atomic mass is 10.1. The lowest BCUT2D eigenvalue weighted by Crippen LogP contribution is -2.19. The molecule has 0 saturated heterocycles. The van der Waals surface area contributed by atoms with E-state index in [0.717, 1.165) is 11.3 Å². The number of rotatable bonds is 5. The Hall–Kier alpha value is -1.06. The van der Waals surface area contributed by atoms with Gasteiger partial charge in [-0.3, -0.25) is 4.98 Å². The molecule has 18 heavy (non-hydrogen) atoms. The summed E-state index contributed by atoms with van der Waals surface area (Å²) in [5, 5.41) is 5.28. The highest BCUT2D eigenvalue weighted by molar-refractivity contribution is 7.99. The molecule has 0 fully saturated rings. The molecule has 1 unspecified atom stereocenters. The zero-order valence-electron chi connectivity index (χ0n) is 11.2. The number of pyridine rings is 1. The first-order valence-electron chi connectivity index (χ1n) is 6.34. The summed E-state index contributed by atoms with van der Waals surface area (Å²) in [6, 6.07) is 11.0. The van der Waals surface area contributed by atoms with Gasteiger partial charge in [-0.2, -0.15) is 11.8 Å². The van der Waals surface area contributed by atoms with Gasteiger partial charge in [0, 0.05) is 23.4 Å². The van der Waals surface area contributed by atoms with Gasteiger partial charge in [0.05, 0.1) is 5.52 Å². The molecule has 1 aromatic heterocycles. The number of benzene rings is 1. The van der Waals surface area contributed by atoms with Gasteiger partial charge in [0.1, 0.15) is 0 Å². The molecule has 0 aliphatic carbocycles. The second kappa shape index (κ2) is 6.21. The predicted octanol–water partition coefficient (Wildman–Crippen LogP) is 3.64. The summed E-state index contributed by atoms with van der Waals surface area (Å²) in [5.41, 5.74) is 2.40. The van der Waals surface area contributed by atoms with Crippen LogP contribution >= 0.6 is 11.8 Å². The van der Waals surface area contributed by atoms with Crippen LogP contribution in [0.4, 0.5) is 0 Å². The zero-order valence-corrected chi connectivity index (χ0v) is 12.0. The Kier molecular flexibility index (Phi) is 4.61. The van der Waals surface area contributed by atoms with Crippen molar-refractivity contribution in [2.75, 3.05) is 12.8 Å². The molecule has 0 spiro atoms. The van der Waals surface area contributed by atoms with Crippen molar-refractivity contribution in [3.63, 3.8) is 0 Å². The summed E-state index contributed by atoms with van der Waals surface area (Å²) >= 11 is 1.99. The van der Waals surface area contributed by atoms with Gasteiger partial charge in [0.15, 0.2) is 0 Å². The second-order valence-electron chi connectivity index (χ2n) is 4.68. The molecule has 0 aliphatic rings. The Balaban J connectivity index is 2.22. The summed E-state index contributed by atoms with van der Waals surface area (Å²) in [5.74, 6) is 1.10. The van der Waals surface area contributed by atoms with Gasteiger partial charge in [-0.1, -0.05) is 26.0 Å². The molecule has 2 nitrogen and oxygen atoms in total. The van der Waals surface area contributed by atoms with Gasteiger partial charge < -0.3 is 5.32 Å². The third kappa shape index (κ3) is 3.24. The summed E-state index contributed by atoms with van der Waals surface area (Å²) in [6.45, 7) is 4.48. The first kappa shape index (κ1) is 13.4. The van der Waals surface area contributed by atoms with E-state index in [1.165, 1.54) is 10.9 Å². The summed E-state index contributed by atoms with van der Waals surface area (Å²) in [7, 11) is 2.03. The second-order valence-corrected chi connectivity index (χ2v) is 6.29. The Bertz CT molecular complexity index is 511. The molecule has 96 valence electrons. The van der Waals surface area contributed by atoms with Crippen LogP contribution in [0.1, 0.15) is 25.5 Å². The van der Waals surface area contributed by atoms with Gasteiger partial charge in [-0.25, -0.2) is 0 Å². The minimum absolute atomic E-state index is 0.405. The average molecular weight is 260 g/mol. The smallest absolute Gasteiger partial charge is 0.0702 e. The van der Waals surface area contributed by atoms with E-state index in [-0.39, 0.29) is 0 Å². The monoisotopic (exact) mass is 260 g/mol. The molecule has 0 saturated carbocycles. The minimum Gasteiger partial charge on any atom is -0.312 e. The van der Waals surface area contributed by atoms with Crippen LogP contribution in [0.5, 0.6) is 0 Å². The summed E-state index contributed by atoms with van der Waals surface area (Å²) < 4.78 is 0. The highest BCUT2D eigenvalue weighted by Crippen LogP contribution is 2.23. The van der Waals surface area contributed by atoms with Crippen LogP contribution in [0.25, 0.3) is 10.9 Å². The molecular weight excluding hydrogens is 240 g/mol. The maximum atomic E-state index is 4.36. The molecule has 0 aliphatic heterocycles. The van der Waals surface area contributed by atoms with Crippen LogP contribution in [0, 0.1) is 0 Å². The highest BCUT2D eigenvalue weighted by atomic mass is 32.2. The Morgan fingerprint density at radius 2 is 2.11 bits per heavy atom. The van der Waals surface area contributed by atoms with Crippen LogP contribution in [0.3, 0.4) is 0 Å². The van der Waals surface area contributed by atoms with Crippen molar-refractivity contribution in [1.29, 1.82) is 0 Å². The van der Waals surface area contributed by atoms with Crippen molar-refractivity contribution in [2.45, 2.75) is 25.1 Å². The van der Waals surface area contributed by atoms with Crippen molar-refractivity contribution in [3.05, 3.63) is 42.1 Å². The van der Waals surface area contributed by atoms with E-state index in [1.54, 1.807) is 0 Å². The van der Waals surface area contributed by atoms with Gasteiger partial charge in [0.25, 0.3) is 0 Å². The number of nitrogens with one attached hydrogen (secondary N) is 1. The van der Waals surface area contributed by atoms with Gasteiger partial charge in [0.2, 0.25) is 0 Å². The average Bonchev–Trinajstić information content (AvgIpc) is 2.39.